The van der Waals surface area contributed by atoms with Crippen LogP contribution < -0.4 is 11.1 Å². The summed E-state index contributed by atoms with van der Waals surface area (Å²) in [7, 11) is 0. The summed E-state index contributed by atoms with van der Waals surface area (Å²) in [6, 6.07) is -0.948. The summed E-state index contributed by atoms with van der Waals surface area (Å²) < 4.78 is 28.3. The zero-order valence-corrected chi connectivity index (χ0v) is 14.5. The minimum Gasteiger partial charge on any atom is -0.364 e. The maximum Gasteiger partial charge on any atom is 0.283 e. The van der Waals surface area contributed by atoms with E-state index in [0.717, 1.165) is 4.68 Å². The Kier molecular flexibility index (Phi) is 5.41. The van der Waals surface area contributed by atoms with Gasteiger partial charge in [0, 0.05) is 12.7 Å². The van der Waals surface area contributed by atoms with E-state index in [2.05, 4.69) is 15.5 Å². The number of nitrogens with zero attached hydrogens (tertiary/aromatic N) is 4. The normalized spacial score (nSPS) is 12.4. The van der Waals surface area contributed by atoms with Crippen LogP contribution >= 0.6 is 11.6 Å². The number of amides is 2. The lowest BCUT2D eigenvalue weighted by Crippen LogP contribution is -2.26. The fourth-order valence-electron chi connectivity index (χ4n) is 2.24. The quantitative estimate of drug-likeness (QED) is 0.808. The number of anilines is 1. The molecule has 0 aliphatic rings. The molecular formula is C14H17ClF2N6O2. The second-order valence-corrected chi connectivity index (χ2v) is 5.68. The van der Waals surface area contributed by atoms with Crippen molar-refractivity contribution in [2.24, 2.45) is 5.73 Å². The second kappa shape index (κ2) is 7.18. The largest absolute Gasteiger partial charge is 0.364 e. The smallest absolute Gasteiger partial charge is 0.283 e. The molecule has 0 saturated heterocycles. The van der Waals surface area contributed by atoms with Gasteiger partial charge in [0.2, 0.25) is 5.91 Å². The predicted octanol–water partition coefficient (Wildman–Crippen LogP) is 2.30. The van der Waals surface area contributed by atoms with Crippen LogP contribution in [0.1, 0.15) is 48.2 Å². The molecule has 0 saturated carbocycles. The maximum absolute atomic E-state index is 12.9. The van der Waals surface area contributed by atoms with Crippen LogP contribution in [0.4, 0.5) is 14.5 Å². The second-order valence-electron chi connectivity index (χ2n) is 5.31. The molecule has 25 heavy (non-hydrogen) atoms. The molecule has 3 N–H and O–H groups in total. The van der Waals surface area contributed by atoms with Crippen LogP contribution in [0, 0.1) is 6.92 Å². The maximum atomic E-state index is 12.9. The van der Waals surface area contributed by atoms with E-state index in [4.69, 9.17) is 17.3 Å². The summed E-state index contributed by atoms with van der Waals surface area (Å²) in [4.78, 5) is 23.9. The number of carbonyl (C=O) groups excluding carboxylic acids is 2. The van der Waals surface area contributed by atoms with Crippen LogP contribution in [0.5, 0.6) is 0 Å². The summed E-state index contributed by atoms with van der Waals surface area (Å²) in [6.07, 6.45) is -1.40. The highest BCUT2D eigenvalue weighted by molar-refractivity contribution is 6.31. The van der Waals surface area contributed by atoms with Crippen molar-refractivity contribution in [3.8, 4) is 0 Å². The lowest BCUT2D eigenvalue weighted by molar-refractivity contribution is -0.119. The van der Waals surface area contributed by atoms with Crippen LogP contribution in [0.15, 0.2) is 6.20 Å². The van der Waals surface area contributed by atoms with Gasteiger partial charge in [-0.3, -0.25) is 19.0 Å². The first kappa shape index (κ1) is 18.8. The van der Waals surface area contributed by atoms with Gasteiger partial charge in [-0.15, -0.1) is 0 Å². The van der Waals surface area contributed by atoms with Gasteiger partial charge >= 0.3 is 0 Å². The van der Waals surface area contributed by atoms with Crippen molar-refractivity contribution in [3.63, 3.8) is 0 Å². The zero-order chi connectivity index (χ0) is 18.9. The van der Waals surface area contributed by atoms with Crippen LogP contribution in [-0.4, -0.2) is 31.4 Å². The Morgan fingerprint density at radius 3 is 2.52 bits per heavy atom. The van der Waals surface area contributed by atoms with Gasteiger partial charge in [0.1, 0.15) is 11.7 Å². The third-order valence-electron chi connectivity index (χ3n) is 3.63. The van der Waals surface area contributed by atoms with E-state index < -0.39 is 30.0 Å². The van der Waals surface area contributed by atoms with Crippen molar-refractivity contribution in [1.82, 2.24) is 19.6 Å². The van der Waals surface area contributed by atoms with E-state index in [1.54, 1.807) is 6.92 Å². The lowest BCUT2D eigenvalue weighted by atomic mass is 10.2. The molecule has 1 atom stereocenters. The molecule has 2 heterocycles. The van der Waals surface area contributed by atoms with Crippen molar-refractivity contribution in [2.75, 3.05) is 5.32 Å². The molecule has 0 aliphatic heterocycles. The van der Waals surface area contributed by atoms with Crippen molar-refractivity contribution in [3.05, 3.63) is 28.3 Å². The summed E-state index contributed by atoms with van der Waals surface area (Å²) >= 11 is 5.84. The van der Waals surface area contributed by atoms with Gasteiger partial charge in [0.05, 0.1) is 16.4 Å². The van der Waals surface area contributed by atoms with Gasteiger partial charge in [0.25, 0.3) is 12.3 Å². The van der Waals surface area contributed by atoms with Gasteiger partial charge < -0.3 is 11.1 Å². The highest BCUT2D eigenvalue weighted by Gasteiger charge is 2.26. The number of alkyl halides is 2. The number of halogens is 3. The van der Waals surface area contributed by atoms with Crippen LogP contribution in [-0.2, 0) is 11.3 Å². The molecule has 0 spiro atoms. The van der Waals surface area contributed by atoms with Crippen LogP contribution in [0.3, 0.4) is 0 Å². The molecule has 8 nitrogen and oxygen atoms in total. The first-order chi connectivity index (χ1) is 11.7. The van der Waals surface area contributed by atoms with Gasteiger partial charge in [-0.2, -0.15) is 10.2 Å². The molecule has 0 aliphatic carbocycles. The average Bonchev–Trinajstić information content (AvgIpc) is 3.09. The fraction of sp³-hybridized carbons (Fsp3) is 0.429. The minimum atomic E-state index is -2.85. The molecule has 0 radical (unpaired) electrons. The Bertz CT molecular complexity index is 817. The Labute approximate surface area is 146 Å². The molecule has 0 aromatic carbocycles. The summed E-state index contributed by atoms with van der Waals surface area (Å²) in [5.74, 6) is -1.38. The highest BCUT2D eigenvalue weighted by atomic mass is 35.5. The fourth-order valence-corrected chi connectivity index (χ4v) is 2.45. The average molecular weight is 375 g/mol. The molecule has 11 heteroatoms. The third-order valence-corrected chi connectivity index (χ3v) is 4.10. The molecule has 136 valence electrons. The van der Waals surface area contributed by atoms with E-state index in [0.29, 0.717) is 6.54 Å². The minimum absolute atomic E-state index is 0.0918. The number of aryl methyl sites for hydroxylation is 1. The number of primary amides is 1. The number of nitrogens with one attached hydrogen (secondary N) is 1. The highest BCUT2D eigenvalue weighted by Crippen LogP contribution is 2.30. The van der Waals surface area contributed by atoms with Crippen molar-refractivity contribution >= 4 is 29.1 Å². The Balaban J connectivity index is 2.29. The Morgan fingerprint density at radius 2 is 2.04 bits per heavy atom. The van der Waals surface area contributed by atoms with E-state index >= 15 is 0 Å². The topological polar surface area (TPSA) is 108 Å². The molecule has 2 amide bonds. The zero-order valence-electron chi connectivity index (χ0n) is 13.8. The molecule has 0 unspecified atom stereocenters. The SMILES string of the molecule is CCn1cc(NC(=O)[C@H](C)n2nc(C(F)F)c(Cl)c2C)c(C(N)=O)n1. The van der Waals surface area contributed by atoms with E-state index in [-0.39, 0.29) is 22.1 Å². The Hall–Kier alpha value is -2.49. The standard InChI is InChI=1S/C14H17ClF2N6O2/c1-4-22-5-8(10(20-22)13(18)24)19-14(25)7(3)23-6(2)9(15)11(21-23)12(16)17/h5,7,12H,4H2,1-3H3,(H2,18,24)(H,19,25)/t7-/m0/s1. The van der Waals surface area contributed by atoms with E-state index in [1.807, 2.05) is 0 Å². The van der Waals surface area contributed by atoms with Crippen molar-refractivity contribution in [1.29, 1.82) is 0 Å². The first-order valence-corrected chi connectivity index (χ1v) is 7.75. The van der Waals surface area contributed by atoms with Gasteiger partial charge in [-0.05, 0) is 20.8 Å². The number of hydrogen-bond donors (Lipinski definition) is 2. The number of rotatable bonds is 6. The predicted molar refractivity (Wildman–Crippen MR) is 86.7 cm³/mol. The summed E-state index contributed by atoms with van der Waals surface area (Å²) in [6.45, 7) is 5.22. The molecule has 2 aromatic heterocycles. The molecule has 2 aromatic rings. The van der Waals surface area contributed by atoms with Gasteiger partial charge in [0.15, 0.2) is 5.69 Å². The van der Waals surface area contributed by atoms with E-state index in [9.17, 15) is 18.4 Å². The molecule has 0 fully saturated rings. The summed E-state index contributed by atoms with van der Waals surface area (Å²) in [5, 5.41) is 10.00. The van der Waals surface area contributed by atoms with Crippen LogP contribution in [0.2, 0.25) is 5.02 Å². The molecule has 0 bridgehead atoms. The Morgan fingerprint density at radius 1 is 1.40 bits per heavy atom. The van der Waals surface area contributed by atoms with E-state index in [1.165, 1.54) is 24.7 Å². The number of carbonyl (C=O) groups is 2. The van der Waals surface area contributed by atoms with Crippen molar-refractivity contribution < 1.29 is 18.4 Å². The third kappa shape index (κ3) is 3.63. The van der Waals surface area contributed by atoms with Crippen molar-refractivity contribution in [2.45, 2.75) is 39.8 Å². The molecule has 2 rings (SSSR count). The number of nitrogens with two attached hydrogens (primary N) is 1. The van der Waals surface area contributed by atoms with Crippen LogP contribution in [0.25, 0.3) is 0 Å². The monoisotopic (exact) mass is 374 g/mol. The number of aromatic nitrogens is 4. The van der Waals surface area contributed by atoms with Gasteiger partial charge in [-0.25, -0.2) is 8.78 Å². The number of hydrogen-bond acceptors (Lipinski definition) is 4. The lowest BCUT2D eigenvalue weighted by Gasteiger charge is -2.14. The summed E-state index contributed by atoms with van der Waals surface area (Å²) in [5.41, 5.74) is 4.93. The first-order valence-electron chi connectivity index (χ1n) is 7.38. The molecular weight excluding hydrogens is 358 g/mol. The van der Waals surface area contributed by atoms with Gasteiger partial charge in [-0.1, -0.05) is 11.6 Å².